The van der Waals surface area contributed by atoms with E-state index in [4.69, 9.17) is 5.11 Å². The van der Waals surface area contributed by atoms with E-state index in [2.05, 4.69) is 23.7 Å². The molecule has 0 bridgehead atoms. The maximum absolute atomic E-state index is 11.0. The van der Waals surface area contributed by atoms with Gasteiger partial charge in [0.15, 0.2) is 5.13 Å². The predicted octanol–water partition coefficient (Wildman–Crippen LogP) is 2.64. The minimum atomic E-state index is -0.875. The average Bonchev–Trinajstić information content (AvgIpc) is 2.62. The molecule has 0 atom stereocenters. The summed E-state index contributed by atoms with van der Waals surface area (Å²) in [7, 11) is 0. The number of aromatic nitrogens is 1. The molecule has 0 aromatic carbocycles. The minimum Gasteiger partial charge on any atom is -0.477 e. The summed E-state index contributed by atoms with van der Waals surface area (Å²) in [6.07, 6.45) is 0.660. The summed E-state index contributed by atoms with van der Waals surface area (Å²) in [4.78, 5) is 17.9. The van der Waals surface area contributed by atoms with Crippen LogP contribution in [0.3, 0.4) is 0 Å². The van der Waals surface area contributed by atoms with E-state index in [1.165, 1.54) is 11.3 Å². The van der Waals surface area contributed by atoms with Gasteiger partial charge in [0.25, 0.3) is 0 Å². The highest BCUT2D eigenvalue weighted by atomic mass is 32.1. The van der Waals surface area contributed by atoms with Crippen LogP contribution in [0.15, 0.2) is 0 Å². The zero-order valence-electron chi connectivity index (χ0n) is 10.1. The fourth-order valence-electron chi connectivity index (χ4n) is 1.59. The highest BCUT2D eigenvalue weighted by Gasteiger charge is 2.20. The SMILES string of the molecule is CCc1nc(N(CC)C(C)C)sc1C(=O)O. The molecule has 0 amide bonds. The van der Waals surface area contributed by atoms with Gasteiger partial charge in [-0.2, -0.15) is 0 Å². The Kier molecular flexibility index (Phi) is 4.29. The molecule has 0 saturated carbocycles. The predicted molar refractivity (Wildman–Crippen MR) is 66.6 cm³/mol. The first-order chi connectivity index (χ1) is 7.51. The Morgan fingerprint density at radius 3 is 2.44 bits per heavy atom. The number of nitrogens with zero attached hydrogens (tertiary/aromatic N) is 2. The maximum atomic E-state index is 11.0. The molecule has 1 aromatic heterocycles. The summed E-state index contributed by atoms with van der Waals surface area (Å²) in [6.45, 7) is 8.98. The van der Waals surface area contributed by atoms with Crippen molar-refractivity contribution in [2.24, 2.45) is 0 Å². The monoisotopic (exact) mass is 242 g/mol. The molecule has 0 aliphatic rings. The van der Waals surface area contributed by atoms with Crippen molar-refractivity contribution >= 4 is 22.4 Å². The van der Waals surface area contributed by atoms with Crippen LogP contribution in [0, 0.1) is 0 Å². The molecular weight excluding hydrogens is 224 g/mol. The van der Waals surface area contributed by atoms with Crippen LogP contribution in [0.25, 0.3) is 0 Å². The Morgan fingerprint density at radius 2 is 2.12 bits per heavy atom. The lowest BCUT2D eigenvalue weighted by Crippen LogP contribution is -2.30. The first kappa shape index (κ1) is 13.0. The Labute approximate surface area is 99.9 Å². The van der Waals surface area contributed by atoms with Gasteiger partial charge < -0.3 is 10.0 Å². The van der Waals surface area contributed by atoms with E-state index >= 15 is 0 Å². The number of hydrogen-bond acceptors (Lipinski definition) is 4. The molecule has 1 rings (SSSR count). The van der Waals surface area contributed by atoms with Crippen molar-refractivity contribution < 1.29 is 9.90 Å². The van der Waals surface area contributed by atoms with Crippen LogP contribution in [0.4, 0.5) is 5.13 Å². The van der Waals surface area contributed by atoms with Crippen LogP contribution in [0.1, 0.15) is 43.1 Å². The zero-order valence-corrected chi connectivity index (χ0v) is 11.0. The molecule has 4 nitrogen and oxygen atoms in total. The van der Waals surface area contributed by atoms with Gasteiger partial charge in [-0.15, -0.1) is 0 Å². The van der Waals surface area contributed by atoms with Crippen LogP contribution < -0.4 is 4.90 Å². The van der Waals surface area contributed by atoms with Gasteiger partial charge in [-0.05, 0) is 27.2 Å². The number of rotatable bonds is 5. The fraction of sp³-hybridized carbons (Fsp3) is 0.636. The standard InChI is InChI=1S/C11H18N2O2S/c1-5-8-9(10(14)15)16-11(12-8)13(6-2)7(3)4/h7H,5-6H2,1-4H3,(H,14,15). The number of thiazole rings is 1. The maximum Gasteiger partial charge on any atom is 0.347 e. The van der Waals surface area contributed by atoms with E-state index in [0.717, 1.165) is 11.7 Å². The van der Waals surface area contributed by atoms with E-state index < -0.39 is 5.97 Å². The van der Waals surface area contributed by atoms with E-state index in [1.54, 1.807) is 0 Å². The third-order valence-electron chi connectivity index (χ3n) is 2.42. The van der Waals surface area contributed by atoms with E-state index in [0.29, 0.717) is 23.0 Å². The summed E-state index contributed by atoms with van der Waals surface area (Å²) in [5, 5.41) is 9.87. The van der Waals surface area contributed by atoms with Crippen LogP contribution in [0.2, 0.25) is 0 Å². The fourth-order valence-corrected chi connectivity index (χ4v) is 2.78. The number of aromatic carboxylic acids is 1. The number of aryl methyl sites for hydroxylation is 1. The first-order valence-corrected chi connectivity index (χ1v) is 6.32. The van der Waals surface area contributed by atoms with E-state index in [1.807, 2.05) is 13.8 Å². The van der Waals surface area contributed by atoms with Crippen LogP contribution in [-0.4, -0.2) is 28.6 Å². The summed E-state index contributed by atoms with van der Waals surface area (Å²) >= 11 is 1.27. The van der Waals surface area contributed by atoms with Crippen molar-refractivity contribution in [3.8, 4) is 0 Å². The lowest BCUT2D eigenvalue weighted by molar-refractivity contribution is 0.0701. The molecule has 0 fully saturated rings. The van der Waals surface area contributed by atoms with Crippen LogP contribution in [-0.2, 0) is 6.42 Å². The van der Waals surface area contributed by atoms with Gasteiger partial charge in [0.05, 0.1) is 5.69 Å². The van der Waals surface area contributed by atoms with Crippen molar-refractivity contribution in [2.75, 3.05) is 11.4 Å². The smallest absolute Gasteiger partial charge is 0.347 e. The summed E-state index contributed by atoms with van der Waals surface area (Å²) in [6, 6.07) is 0.336. The average molecular weight is 242 g/mol. The van der Waals surface area contributed by atoms with Gasteiger partial charge in [0, 0.05) is 12.6 Å². The number of hydrogen-bond donors (Lipinski definition) is 1. The summed E-state index contributed by atoms with van der Waals surface area (Å²) in [5.41, 5.74) is 0.687. The van der Waals surface area contributed by atoms with Crippen LogP contribution >= 0.6 is 11.3 Å². The van der Waals surface area contributed by atoms with Gasteiger partial charge in [0.2, 0.25) is 0 Å². The molecular formula is C11H18N2O2S. The highest BCUT2D eigenvalue weighted by Crippen LogP contribution is 2.28. The lowest BCUT2D eigenvalue weighted by atomic mass is 10.3. The molecule has 0 spiro atoms. The quantitative estimate of drug-likeness (QED) is 0.862. The molecule has 0 aliphatic heterocycles. The summed E-state index contributed by atoms with van der Waals surface area (Å²) in [5.74, 6) is -0.875. The minimum absolute atomic E-state index is 0.336. The topological polar surface area (TPSA) is 53.4 Å². The molecule has 16 heavy (non-hydrogen) atoms. The van der Waals surface area contributed by atoms with Crippen LogP contribution in [0.5, 0.6) is 0 Å². The molecule has 1 heterocycles. The van der Waals surface area contributed by atoms with Gasteiger partial charge in [0.1, 0.15) is 4.88 Å². The second-order valence-electron chi connectivity index (χ2n) is 3.81. The Bertz CT molecular complexity index is 374. The molecule has 90 valence electrons. The van der Waals surface area contributed by atoms with Crippen molar-refractivity contribution in [3.63, 3.8) is 0 Å². The van der Waals surface area contributed by atoms with Gasteiger partial charge in [-0.3, -0.25) is 0 Å². The lowest BCUT2D eigenvalue weighted by Gasteiger charge is -2.23. The van der Waals surface area contributed by atoms with Gasteiger partial charge in [-0.25, -0.2) is 9.78 Å². The Balaban J connectivity index is 3.11. The largest absolute Gasteiger partial charge is 0.477 e. The molecule has 1 aromatic rings. The first-order valence-electron chi connectivity index (χ1n) is 5.50. The highest BCUT2D eigenvalue weighted by molar-refractivity contribution is 7.17. The molecule has 1 N–H and O–H groups in total. The van der Waals surface area contributed by atoms with Crippen molar-refractivity contribution in [1.29, 1.82) is 0 Å². The van der Waals surface area contributed by atoms with E-state index in [-0.39, 0.29) is 0 Å². The van der Waals surface area contributed by atoms with Crippen molar-refractivity contribution in [2.45, 2.75) is 40.2 Å². The molecule has 5 heteroatoms. The third kappa shape index (κ3) is 2.52. The normalized spacial score (nSPS) is 10.8. The summed E-state index contributed by atoms with van der Waals surface area (Å²) < 4.78 is 0. The Morgan fingerprint density at radius 1 is 1.50 bits per heavy atom. The third-order valence-corrected chi connectivity index (χ3v) is 3.55. The number of carboxylic acids is 1. The number of anilines is 1. The van der Waals surface area contributed by atoms with Gasteiger partial charge in [-0.1, -0.05) is 18.3 Å². The van der Waals surface area contributed by atoms with Crippen molar-refractivity contribution in [3.05, 3.63) is 10.6 Å². The number of carbonyl (C=O) groups is 1. The zero-order chi connectivity index (χ0) is 12.3. The van der Waals surface area contributed by atoms with Gasteiger partial charge >= 0.3 is 5.97 Å². The molecule has 0 aliphatic carbocycles. The molecule has 0 unspecified atom stereocenters. The molecule has 0 radical (unpaired) electrons. The number of carboxylic acid groups (broad SMARTS) is 1. The second kappa shape index (κ2) is 5.30. The van der Waals surface area contributed by atoms with Crippen molar-refractivity contribution in [1.82, 2.24) is 4.98 Å². The second-order valence-corrected chi connectivity index (χ2v) is 4.79. The molecule has 0 saturated heterocycles. The Hall–Kier alpha value is -1.10. The van der Waals surface area contributed by atoms with E-state index in [9.17, 15) is 4.79 Å².